The van der Waals surface area contributed by atoms with E-state index in [1.807, 2.05) is 24.3 Å². The van der Waals surface area contributed by atoms with Gasteiger partial charge < -0.3 is 14.4 Å². The molecule has 1 aromatic heterocycles. The number of aliphatic hydroxyl groups is 1. The first-order valence-electron chi connectivity index (χ1n) is 7.06. The van der Waals surface area contributed by atoms with E-state index in [0.717, 1.165) is 36.6 Å². The van der Waals surface area contributed by atoms with Gasteiger partial charge in [-0.2, -0.15) is 0 Å². The van der Waals surface area contributed by atoms with Gasteiger partial charge in [-0.25, -0.2) is 0 Å². The Morgan fingerprint density at radius 3 is 2.70 bits per heavy atom. The lowest BCUT2D eigenvalue weighted by atomic mass is 10.2. The second-order valence-corrected chi connectivity index (χ2v) is 4.91. The number of benzene rings is 1. The number of aryl methyl sites for hydroxylation is 1. The number of unbranched alkanes of at least 4 members (excludes halogenated alkanes) is 3. The summed E-state index contributed by atoms with van der Waals surface area (Å²) in [6, 6.07) is 9.30. The molecule has 108 valence electrons. The lowest BCUT2D eigenvalue weighted by Gasteiger charge is -2.11. The van der Waals surface area contributed by atoms with Crippen molar-refractivity contribution < 1.29 is 9.84 Å². The van der Waals surface area contributed by atoms with Gasteiger partial charge in [-0.15, -0.1) is 0 Å². The van der Waals surface area contributed by atoms with E-state index in [1.165, 1.54) is 0 Å². The summed E-state index contributed by atoms with van der Waals surface area (Å²) < 4.78 is 7.39. The number of aromatic nitrogens is 1. The van der Waals surface area contributed by atoms with Crippen molar-refractivity contribution in [3.63, 3.8) is 0 Å². The van der Waals surface area contributed by atoms with Crippen LogP contribution in [0.2, 0.25) is 0 Å². The Labute approximate surface area is 118 Å². The third kappa shape index (κ3) is 3.39. The Morgan fingerprint density at radius 1 is 1.15 bits per heavy atom. The van der Waals surface area contributed by atoms with Gasteiger partial charge in [-0.05, 0) is 31.4 Å². The van der Waals surface area contributed by atoms with Gasteiger partial charge in [-0.1, -0.05) is 18.6 Å². The van der Waals surface area contributed by atoms with E-state index < -0.39 is 0 Å². The molecule has 0 aliphatic heterocycles. The van der Waals surface area contributed by atoms with Gasteiger partial charge >= 0.3 is 0 Å². The minimum Gasteiger partial charge on any atom is -0.493 e. The predicted octanol–water partition coefficient (Wildman–Crippen LogP) is 2.47. The SMILES string of the molecule is Cn1c(=O)cc(OCCCCCCO)c2ccccc21. The summed E-state index contributed by atoms with van der Waals surface area (Å²) >= 11 is 0. The Kier molecular flexibility index (Phi) is 5.18. The van der Waals surface area contributed by atoms with Crippen LogP contribution in [0, 0.1) is 0 Å². The fraction of sp³-hybridized carbons (Fsp3) is 0.438. The van der Waals surface area contributed by atoms with E-state index in [4.69, 9.17) is 9.84 Å². The molecule has 0 amide bonds. The average Bonchev–Trinajstić information content (AvgIpc) is 2.47. The maximum atomic E-state index is 11.9. The molecule has 0 unspecified atom stereocenters. The molecule has 1 N–H and O–H groups in total. The summed E-state index contributed by atoms with van der Waals surface area (Å²) in [7, 11) is 1.77. The summed E-state index contributed by atoms with van der Waals surface area (Å²) in [6.07, 6.45) is 3.82. The third-order valence-corrected chi connectivity index (χ3v) is 3.43. The van der Waals surface area contributed by atoms with Crippen molar-refractivity contribution in [2.75, 3.05) is 13.2 Å². The summed E-state index contributed by atoms with van der Waals surface area (Å²) in [6.45, 7) is 0.850. The zero-order valence-corrected chi connectivity index (χ0v) is 11.8. The normalized spacial score (nSPS) is 10.9. The zero-order chi connectivity index (χ0) is 14.4. The Morgan fingerprint density at radius 2 is 1.90 bits per heavy atom. The number of aliphatic hydroxyl groups excluding tert-OH is 1. The van der Waals surface area contributed by atoms with Crippen molar-refractivity contribution >= 4 is 10.9 Å². The zero-order valence-electron chi connectivity index (χ0n) is 11.8. The highest BCUT2D eigenvalue weighted by molar-refractivity contribution is 5.85. The highest BCUT2D eigenvalue weighted by Crippen LogP contribution is 2.23. The number of fused-ring (bicyclic) bond motifs is 1. The van der Waals surface area contributed by atoms with Gasteiger partial charge in [0.15, 0.2) is 0 Å². The Balaban J connectivity index is 2.07. The molecule has 1 heterocycles. The van der Waals surface area contributed by atoms with E-state index >= 15 is 0 Å². The topological polar surface area (TPSA) is 51.5 Å². The van der Waals surface area contributed by atoms with Gasteiger partial charge in [0, 0.05) is 25.1 Å². The second kappa shape index (κ2) is 7.10. The Bertz CT molecular complexity index is 619. The number of ether oxygens (including phenoxy) is 1. The molecule has 0 saturated carbocycles. The maximum absolute atomic E-state index is 11.9. The number of hydrogen-bond acceptors (Lipinski definition) is 3. The molecule has 20 heavy (non-hydrogen) atoms. The molecule has 0 radical (unpaired) electrons. The van der Waals surface area contributed by atoms with Crippen molar-refractivity contribution in [3.8, 4) is 5.75 Å². The van der Waals surface area contributed by atoms with Crippen molar-refractivity contribution in [3.05, 3.63) is 40.7 Å². The first-order chi connectivity index (χ1) is 9.74. The molecule has 2 rings (SSSR count). The monoisotopic (exact) mass is 275 g/mol. The minimum absolute atomic E-state index is 0.0565. The van der Waals surface area contributed by atoms with Gasteiger partial charge in [0.05, 0.1) is 12.1 Å². The molecule has 0 fully saturated rings. The molecular weight excluding hydrogens is 254 g/mol. The van der Waals surface area contributed by atoms with Crippen LogP contribution in [0.25, 0.3) is 10.9 Å². The quantitative estimate of drug-likeness (QED) is 0.790. The maximum Gasteiger partial charge on any atom is 0.254 e. The first kappa shape index (κ1) is 14.6. The predicted molar refractivity (Wildman–Crippen MR) is 80.2 cm³/mol. The van der Waals surface area contributed by atoms with Crippen LogP contribution in [0.15, 0.2) is 35.1 Å². The van der Waals surface area contributed by atoms with E-state index in [2.05, 4.69) is 0 Å². The number of hydrogen-bond donors (Lipinski definition) is 1. The average molecular weight is 275 g/mol. The van der Waals surface area contributed by atoms with Crippen molar-refractivity contribution in [2.24, 2.45) is 7.05 Å². The summed E-state index contributed by atoms with van der Waals surface area (Å²) in [4.78, 5) is 11.9. The lowest BCUT2D eigenvalue weighted by Crippen LogP contribution is -2.16. The molecule has 0 aliphatic rings. The van der Waals surface area contributed by atoms with Crippen molar-refractivity contribution in [2.45, 2.75) is 25.7 Å². The molecule has 0 aliphatic carbocycles. The molecule has 1 aromatic carbocycles. The van der Waals surface area contributed by atoms with E-state index in [-0.39, 0.29) is 12.2 Å². The van der Waals surface area contributed by atoms with Gasteiger partial charge in [-0.3, -0.25) is 4.79 Å². The number of nitrogens with zero attached hydrogens (tertiary/aromatic N) is 1. The van der Waals surface area contributed by atoms with Gasteiger partial charge in [0.2, 0.25) is 0 Å². The number of pyridine rings is 1. The number of para-hydroxylation sites is 1. The molecular formula is C16H21NO3. The first-order valence-corrected chi connectivity index (χ1v) is 7.06. The smallest absolute Gasteiger partial charge is 0.254 e. The minimum atomic E-state index is -0.0565. The molecule has 4 nitrogen and oxygen atoms in total. The van der Waals surface area contributed by atoms with E-state index in [1.54, 1.807) is 17.7 Å². The lowest BCUT2D eigenvalue weighted by molar-refractivity contribution is 0.274. The van der Waals surface area contributed by atoms with Crippen LogP contribution in [-0.2, 0) is 7.05 Å². The molecule has 0 spiro atoms. The van der Waals surface area contributed by atoms with E-state index in [0.29, 0.717) is 12.4 Å². The molecule has 4 heteroatoms. The van der Waals surface area contributed by atoms with Crippen molar-refractivity contribution in [1.82, 2.24) is 4.57 Å². The fourth-order valence-electron chi connectivity index (χ4n) is 2.25. The van der Waals surface area contributed by atoms with Gasteiger partial charge in [0.1, 0.15) is 5.75 Å². The molecule has 0 atom stereocenters. The van der Waals surface area contributed by atoms with Crippen LogP contribution in [0.4, 0.5) is 0 Å². The molecule has 0 bridgehead atoms. The van der Waals surface area contributed by atoms with Crippen LogP contribution in [0.1, 0.15) is 25.7 Å². The highest BCUT2D eigenvalue weighted by atomic mass is 16.5. The third-order valence-electron chi connectivity index (χ3n) is 3.43. The van der Waals surface area contributed by atoms with Crippen LogP contribution in [0.5, 0.6) is 5.75 Å². The molecule has 0 saturated heterocycles. The van der Waals surface area contributed by atoms with Crippen LogP contribution in [0.3, 0.4) is 0 Å². The second-order valence-electron chi connectivity index (χ2n) is 4.91. The van der Waals surface area contributed by atoms with Crippen LogP contribution in [-0.4, -0.2) is 22.9 Å². The Hall–Kier alpha value is -1.81. The largest absolute Gasteiger partial charge is 0.493 e. The molecule has 2 aromatic rings. The van der Waals surface area contributed by atoms with Crippen LogP contribution >= 0.6 is 0 Å². The summed E-state index contributed by atoms with van der Waals surface area (Å²) in [5.41, 5.74) is 0.828. The fourth-order valence-corrected chi connectivity index (χ4v) is 2.25. The van der Waals surface area contributed by atoms with Crippen molar-refractivity contribution in [1.29, 1.82) is 0 Å². The standard InChI is InChI=1S/C16H21NO3/c1-17-14-9-5-4-8-13(14)15(12-16(17)19)20-11-7-3-2-6-10-18/h4-5,8-9,12,18H,2-3,6-7,10-11H2,1H3. The summed E-state index contributed by atoms with van der Waals surface area (Å²) in [5.74, 6) is 0.658. The van der Waals surface area contributed by atoms with Crippen LogP contribution < -0.4 is 10.3 Å². The van der Waals surface area contributed by atoms with E-state index in [9.17, 15) is 4.79 Å². The van der Waals surface area contributed by atoms with Gasteiger partial charge in [0.25, 0.3) is 5.56 Å². The highest BCUT2D eigenvalue weighted by Gasteiger charge is 2.06. The number of rotatable bonds is 7. The summed E-state index contributed by atoms with van der Waals surface area (Å²) in [5, 5.41) is 9.67.